The molecule has 2 aliphatic heterocycles. The predicted octanol–water partition coefficient (Wildman–Crippen LogP) is 2.23. The summed E-state index contributed by atoms with van der Waals surface area (Å²) in [5.74, 6) is 0.264. The molecule has 0 aromatic rings. The molecule has 0 bridgehead atoms. The van der Waals surface area contributed by atoms with Crippen LogP contribution in [0, 0.1) is 22.7 Å². The molecule has 4 heteroatoms. The fourth-order valence-corrected chi connectivity index (χ4v) is 5.34. The van der Waals surface area contributed by atoms with Crippen LogP contribution in [0.3, 0.4) is 0 Å². The molecule has 0 spiro atoms. The molecular formula is C16H20O4. The third-order valence-corrected chi connectivity index (χ3v) is 6.24. The van der Waals surface area contributed by atoms with Crippen LogP contribution in [0.25, 0.3) is 0 Å². The van der Waals surface area contributed by atoms with E-state index >= 15 is 0 Å². The zero-order valence-electron chi connectivity index (χ0n) is 12.0. The Morgan fingerprint density at radius 3 is 2.85 bits per heavy atom. The zero-order chi connectivity index (χ0) is 14.1. The van der Waals surface area contributed by atoms with Crippen LogP contribution in [0.1, 0.15) is 39.5 Å². The standard InChI is InChI=1S/C16H20O4/c1-15-4-3-5-16(2)13(15)11(20-14(16)18)6-9-8-19-12(17)7-10(9)15/h6,10-11,13H,3-5,7-8H2,1-2H3/t10-,11+,13?,15+,16-/m0/s1. The molecule has 4 nitrogen and oxygen atoms in total. The maximum Gasteiger partial charge on any atom is 0.312 e. The fourth-order valence-electron chi connectivity index (χ4n) is 5.34. The van der Waals surface area contributed by atoms with Crippen molar-refractivity contribution in [2.45, 2.75) is 45.6 Å². The number of ether oxygens (including phenoxy) is 2. The van der Waals surface area contributed by atoms with Crippen molar-refractivity contribution in [1.82, 2.24) is 0 Å². The van der Waals surface area contributed by atoms with Crippen LogP contribution >= 0.6 is 0 Å². The van der Waals surface area contributed by atoms with Crippen LogP contribution < -0.4 is 0 Å². The van der Waals surface area contributed by atoms with Crippen LogP contribution in [0.4, 0.5) is 0 Å². The molecule has 108 valence electrons. The molecule has 3 fully saturated rings. The van der Waals surface area contributed by atoms with E-state index in [2.05, 4.69) is 19.9 Å². The number of carbonyl (C=O) groups excluding carboxylic acids is 2. The smallest absolute Gasteiger partial charge is 0.312 e. The van der Waals surface area contributed by atoms with Crippen molar-refractivity contribution in [2.24, 2.45) is 22.7 Å². The van der Waals surface area contributed by atoms with Crippen LogP contribution in [-0.2, 0) is 19.1 Å². The molecule has 4 aliphatic rings. The molecule has 2 saturated heterocycles. The lowest BCUT2D eigenvalue weighted by Gasteiger charge is -2.54. The molecule has 0 N–H and O–H groups in total. The van der Waals surface area contributed by atoms with Crippen molar-refractivity contribution in [1.29, 1.82) is 0 Å². The van der Waals surface area contributed by atoms with Gasteiger partial charge >= 0.3 is 11.9 Å². The second-order valence-corrected chi connectivity index (χ2v) is 7.28. The lowest BCUT2D eigenvalue weighted by molar-refractivity contribution is -0.152. The van der Waals surface area contributed by atoms with Gasteiger partial charge in [-0.2, -0.15) is 0 Å². The van der Waals surface area contributed by atoms with E-state index < -0.39 is 0 Å². The van der Waals surface area contributed by atoms with Gasteiger partial charge in [-0.3, -0.25) is 9.59 Å². The maximum absolute atomic E-state index is 12.3. The van der Waals surface area contributed by atoms with Crippen molar-refractivity contribution >= 4 is 11.9 Å². The first-order chi connectivity index (χ1) is 9.45. The van der Waals surface area contributed by atoms with Gasteiger partial charge in [-0.25, -0.2) is 0 Å². The zero-order valence-corrected chi connectivity index (χ0v) is 12.0. The number of cyclic esters (lactones) is 1. The average molecular weight is 276 g/mol. The van der Waals surface area contributed by atoms with Crippen molar-refractivity contribution < 1.29 is 19.1 Å². The van der Waals surface area contributed by atoms with Gasteiger partial charge < -0.3 is 9.47 Å². The first-order valence-corrected chi connectivity index (χ1v) is 7.52. The summed E-state index contributed by atoms with van der Waals surface area (Å²) in [6.07, 6.45) is 5.40. The fraction of sp³-hybridized carbons (Fsp3) is 0.750. The molecule has 20 heavy (non-hydrogen) atoms. The number of carbonyl (C=O) groups is 2. The molecule has 2 heterocycles. The summed E-state index contributed by atoms with van der Waals surface area (Å²) in [6.45, 7) is 4.67. The van der Waals surface area contributed by atoms with Crippen LogP contribution in [0.5, 0.6) is 0 Å². The van der Waals surface area contributed by atoms with E-state index in [0.717, 1.165) is 24.8 Å². The summed E-state index contributed by atoms with van der Waals surface area (Å²) in [4.78, 5) is 24.0. The lowest BCUT2D eigenvalue weighted by Crippen LogP contribution is -2.54. The molecule has 5 atom stereocenters. The second-order valence-electron chi connectivity index (χ2n) is 7.28. The highest BCUT2D eigenvalue weighted by atomic mass is 16.6. The van der Waals surface area contributed by atoms with Gasteiger partial charge in [-0.1, -0.05) is 13.3 Å². The van der Waals surface area contributed by atoms with Crippen molar-refractivity contribution in [3.8, 4) is 0 Å². The van der Waals surface area contributed by atoms with E-state index in [-0.39, 0.29) is 40.7 Å². The number of esters is 2. The summed E-state index contributed by atoms with van der Waals surface area (Å²) in [7, 11) is 0. The summed E-state index contributed by atoms with van der Waals surface area (Å²) in [5.41, 5.74) is 0.765. The Morgan fingerprint density at radius 2 is 2.05 bits per heavy atom. The Balaban J connectivity index is 1.85. The van der Waals surface area contributed by atoms with Gasteiger partial charge in [-0.05, 0) is 42.7 Å². The molecule has 0 radical (unpaired) electrons. The number of fused-ring (bicyclic) bond motifs is 2. The minimum Gasteiger partial charge on any atom is -0.461 e. The molecule has 0 amide bonds. The third-order valence-electron chi connectivity index (χ3n) is 6.24. The van der Waals surface area contributed by atoms with E-state index in [1.54, 1.807) is 0 Å². The highest BCUT2D eigenvalue weighted by Gasteiger charge is 2.66. The lowest BCUT2D eigenvalue weighted by atomic mass is 9.48. The SMILES string of the molecule is C[C@@]12CCC[C@]3(C)C(=O)O[C@H](C=C4COC(=O)C[C@@H]41)C23. The largest absolute Gasteiger partial charge is 0.461 e. The first kappa shape index (κ1) is 12.4. The van der Waals surface area contributed by atoms with Crippen LogP contribution in [0.2, 0.25) is 0 Å². The van der Waals surface area contributed by atoms with Gasteiger partial charge in [-0.15, -0.1) is 0 Å². The molecule has 4 rings (SSSR count). The Labute approximate surface area is 118 Å². The minimum atomic E-state index is -0.374. The van der Waals surface area contributed by atoms with Crippen molar-refractivity contribution in [2.75, 3.05) is 6.61 Å². The Morgan fingerprint density at radius 1 is 1.25 bits per heavy atom. The van der Waals surface area contributed by atoms with E-state index in [0.29, 0.717) is 13.0 Å². The van der Waals surface area contributed by atoms with E-state index in [1.807, 2.05) is 0 Å². The summed E-state index contributed by atoms with van der Waals surface area (Å²) < 4.78 is 10.9. The van der Waals surface area contributed by atoms with E-state index in [9.17, 15) is 9.59 Å². The molecular weight excluding hydrogens is 256 g/mol. The summed E-state index contributed by atoms with van der Waals surface area (Å²) in [6, 6.07) is 0. The topological polar surface area (TPSA) is 52.6 Å². The van der Waals surface area contributed by atoms with Crippen molar-refractivity contribution in [3.63, 3.8) is 0 Å². The van der Waals surface area contributed by atoms with Gasteiger partial charge in [0.25, 0.3) is 0 Å². The highest BCUT2D eigenvalue weighted by Crippen LogP contribution is 2.64. The van der Waals surface area contributed by atoms with Gasteiger partial charge in [0.2, 0.25) is 0 Å². The molecule has 0 aromatic carbocycles. The van der Waals surface area contributed by atoms with Gasteiger partial charge in [0, 0.05) is 5.92 Å². The number of hydrogen-bond acceptors (Lipinski definition) is 4. The van der Waals surface area contributed by atoms with Crippen LogP contribution in [-0.4, -0.2) is 24.6 Å². The third kappa shape index (κ3) is 1.32. The van der Waals surface area contributed by atoms with Gasteiger partial charge in [0.05, 0.1) is 11.8 Å². The maximum atomic E-state index is 12.3. The molecule has 1 saturated carbocycles. The van der Waals surface area contributed by atoms with E-state index in [4.69, 9.17) is 9.47 Å². The predicted molar refractivity (Wildman–Crippen MR) is 70.6 cm³/mol. The summed E-state index contributed by atoms with van der Waals surface area (Å²) in [5, 5.41) is 0. The molecule has 0 aromatic heterocycles. The van der Waals surface area contributed by atoms with Crippen LogP contribution in [0.15, 0.2) is 11.6 Å². The quantitative estimate of drug-likeness (QED) is 0.503. The highest BCUT2D eigenvalue weighted by molar-refractivity contribution is 5.81. The minimum absolute atomic E-state index is 0.0205. The normalized spacial score (nSPS) is 49.7. The van der Waals surface area contributed by atoms with Crippen molar-refractivity contribution in [3.05, 3.63) is 11.6 Å². The van der Waals surface area contributed by atoms with Gasteiger partial charge in [0.15, 0.2) is 0 Å². The molecule has 2 aliphatic carbocycles. The number of hydrogen-bond donors (Lipinski definition) is 0. The average Bonchev–Trinajstić information content (AvgIpc) is 2.64. The number of rotatable bonds is 0. The monoisotopic (exact) mass is 276 g/mol. The Bertz CT molecular complexity index is 537. The van der Waals surface area contributed by atoms with Gasteiger partial charge in [0.1, 0.15) is 12.7 Å². The second kappa shape index (κ2) is 3.66. The summed E-state index contributed by atoms with van der Waals surface area (Å²) >= 11 is 0. The first-order valence-electron chi connectivity index (χ1n) is 7.52. The van der Waals surface area contributed by atoms with E-state index in [1.165, 1.54) is 0 Å². The Kier molecular flexibility index (Phi) is 2.27. The molecule has 1 unspecified atom stereocenters. The Hall–Kier alpha value is -1.32.